The maximum Gasteiger partial charge on any atom is 0.414 e. The van der Waals surface area contributed by atoms with Crippen LogP contribution in [-0.2, 0) is 20.7 Å². The number of carbonyl (C=O) groups excluding carboxylic acids is 3. The Bertz CT molecular complexity index is 1230. The highest BCUT2D eigenvalue weighted by Crippen LogP contribution is 2.38. The summed E-state index contributed by atoms with van der Waals surface area (Å²) >= 11 is 0. The van der Waals surface area contributed by atoms with Crippen LogP contribution in [-0.4, -0.2) is 37.0 Å². The molecule has 0 saturated carbocycles. The van der Waals surface area contributed by atoms with Gasteiger partial charge in [-0.25, -0.2) is 9.18 Å². The number of ether oxygens (including phenoxy) is 1. The van der Waals surface area contributed by atoms with E-state index in [2.05, 4.69) is 21.7 Å². The molecule has 2 aromatic rings. The number of aryl methyl sites for hydroxylation is 1. The van der Waals surface area contributed by atoms with Gasteiger partial charge in [-0.15, -0.1) is 0 Å². The van der Waals surface area contributed by atoms with Gasteiger partial charge in [0, 0.05) is 31.0 Å². The number of amides is 2. The molecule has 4 N–H and O–H groups in total. The maximum atomic E-state index is 15.1. The number of anilines is 1. The summed E-state index contributed by atoms with van der Waals surface area (Å²) in [5, 5.41) is 2.62. The van der Waals surface area contributed by atoms with Crippen LogP contribution in [0.4, 0.5) is 14.9 Å². The number of halogens is 1. The second kappa shape index (κ2) is 9.38. The van der Waals surface area contributed by atoms with Crippen LogP contribution in [0.2, 0.25) is 0 Å². The van der Waals surface area contributed by atoms with Crippen molar-refractivity contribution in [2.24, 2.45) is 0 Å². The number of hydrazine groups is 2. The van der Waals surface area contributed by atoms with Crippen molar-refractivity contribution < 1.29 is 23.5 Å². The van der Waals surface area contributed by atoms with E-state index >= 15 is 4.39 Å². The third-order valence-corrected chi connectivity index (χ3v) is 6.54. The van der Waals surface area contributed by atoms with Crippen molar-refractivity contribution in [3.63, 3.8) is 0 Å². The topological polar surface area (TPSA) is 112 Å². The van der Waals surface area contributed by atoms with Crippen molar-refractivity contribution in [2.45, 2.75) is 38.2 Å². The van der Waals surface area contributed by atoms with Gasteiger partial charge in [0.2, 0.25) is 5.91 Å². The molecule has 0 bridgehead atoms. The molecule has 35 heavy (non-hydrogen) atoms. The number of nitrogens with one attached hydrogen (secondary N) is 4. The number of rotatable bonds is 7. The van der Waals surface area contributed by atoms with E-state index in [1.807, 2.05) is 18.2 Å². The van der Waals surface area contributed by atoms with Crippen molar-refractivity contribution in [3.8, 4) is 11.1 Å². The zero-order valence-electron chi connectivity index (χ0n) is 19.2. The van der Waals surface area contributed by atoms with Gasteiger partial charge in [0.05, 0.1) is 24.5 Å². The molecule has 1 saturated heterocycles. The largest absolute Gasteiger partial charge is 0.442 e. The molecule has 182 valence electrons. The summed E-state index contributed by atoms with van der Waals surface area (Å²) in [6.45, 7) is 1.82. The molecule has 2 amide bonds. The van der Waals surface area contributed by atoms with Crippen LogP contribution in [0, 0.1) is 5.82 Å². The summed E-state index contributed by atoms with van der Waals surface area (Å²) in [5.41, 5.74) is 12.8. The van der Waals surface area contributed by atoms with Gasteiger partial charge in [-0.1, -0.05) is 18.2 Å². The number of ketones is 1. The summed E-state index contributed by atoms with van der Waals surface area (Å²) in [6, 6.07) is 10.4. The Balaban J connectivity index is 1.30. The fourth-order valence-corrected chi connectivity index (χ4v) is 4.80. The van der Waals surface area contributed by atoms with Crippen LogP contribution >= 0.6 is 0 Å². The minimum atomic E-state index is -0.573. The highest BCUT2D eigenvalue weighted by atomic mass is 19.1. The van der Waals surface area contributed by atoms with Gasteiger partial charge in [-0.2, -0.15) is 5.53 Å². The number of cyclic esters (lactones) is 1. The number of carbonyl (C=O) groups is 3. The Kier molecular flexibility index (Phi) is 6.12. The first kappa shape index (κ1) is 22.9. The van der Waals surface area contributed by atoms with Crippen LogP contribution in [0.1, 0.15) is 36.8 Å². The number of allylic oxidation sites excluding steroid dienone is 1. The average molecular weight is 480 g/mol. The quantitative estimate of drug-likeness (QED) is 0.483. The van der Waals surface area contributed by atoms with Crippen LogP contribution in [0.5, 0.6) is 0 Å². The number of Topliss-reactive ketones (excluding diaryl/α,β-unsaturated/α-hetero) is 1. The van der Waals surface area contributed by atoms with Crippen molar-refractivity contribution in [1.29, 1.82) is 0 Å². The SMILES string of the molecule is CC(=O)NC[C@H]1CN(c2ccc(-c3ccc4c(c3)CCC4C(=O)CC3=CNNN3)c(F)c2)C(=O)O1. The molecule has 3 aliphatic rings. The van der Waals surface area contributed by atoms with Crippen LogP contribution < -0.4 is 26.6 Å². The highest BCUT2D eigenvalue weighted by molar-refractivity contribution is 5.91. The van der Waals surface area contributed by atoms with Crippen molar-refractivity contribution >= 4 is 23.5 Å². The zero-order valence-corrected chi connectivity index (χ0v) is 19.2. The molecule has 1 aliphatic carbocycles. The van der Waals surface area contributed by atoms with Gasteiger partial charge < -0.3 is 20.9 Å². The third kappa shape index (κ3) is 4.69. The summed E-state index contributed by atoms with van der Waals surface area (Å²) in [4.78, 5) is 37.5. The minimum Gasteiger partial charge on any atom is -0.442 e. The number of nitrogens with zero attached hydrogens (tertiary/aromatic N) is 1. The molecule has 2 aromatic carbocycles. The van der Waals surface area contributed by atoms with Crippen LogP contribution in [0.3, 0.4) is 0 Å². The average Bonchev–Trinajstić information content (AvgIpc) is 3.57. The number of hydrogen-bond acceptors (Lipinski definition) is 7. The molecule has 1 fully saturated rings. The first-order valence-electron chi connectivity index (χ1n) is 11.5. The van der Waals surface area contributed by atoms with Crippen LogP contribution in [0.15, 0.2) is 48.3 Å². The molecule has 2 heterocycles. The van der Waals surface area contributed by atoms with Gasteiger partial charge in [-0.05, 0) is 47.7 Å². The molecule has 2 aliphatic heterocycles. The number of fused-ring (bicyclic) bond motifs is 1. The highest BCUT2D eigenvalue weighted by Gasteiger charge is 2.33. The fraction of sp³-hybridized carbons (Fsp3) is 0.320. The number of benzene rings is 2. The van der Waals surface area contributed by atoms with Gasteiger partial charge in [0.1, 0.15) is 17.7 Å². The lowest BCUT2D eigenvalue weighted by Crippen LogP contribution is -2.33. The van der Waals surface area contributed by atoms with Crippen molar-refractivity contribution in [1.82, 2.24) is 21.7 Å². The standard InChI is InChI=1S/C25H26FN5O4/c1-14(32)27-12-19-13-31(25(34)35-19)18-4-7-21(23(26)10-18)16-2-5-20-15(8-16)3-6-22(20)24(33)9-17-11-28-30-29-17/h2,4-5,7-8,10-11,19,22,28-30H,3,6,9,12-13H2,1H3,(H,27,32)/t19-,22?/m0/s1. The predicted octanol–water partition coefficient (Wildman–Crippen LogP) is 2.40. The molecule has 2 atom stereocenters. The molecule has 0 radical (unpaired) electrons. The van der Waals surface area contributed by atoms with E-state index in [-0.39, 0.29) is 30.7 Å². The Morgan fingerprint density at radius 1 is 1.23 bits per heavy atom. The normalized spacial score (nSPS) is 20.6. The smallest absolute Gasteiger partial charge is 0.414 e. The van der Waals surface area contributed by atoms with E-state index in [9.17, 15) is 14.4 Å². The van der Waals surface area contributed by atoms with Gasteiger partial charge in [0.25, 0.3) is 0 Å². The monoisotopic (exact) mass is 479 g/mol. The Labute approximate surface area is 201 Å². The molecular formula is C25H26FN5O4. The molecule has 5 rings (SSSR count). The minimum absolute atomic E-state index is 0.144. The summed E-state index contributed by atoms with van der Waals surface area (Å²) in [7, 11) is 0. The first-order chi connectivity index (χ1) is 16.9. The second-order valence-corrected chi connectivity index (χ2v) is 8.93. The lowest BCUT2D eigenvalue weighted by Gasteiger charge is -2.15. The van der Waals surface area contributed by atoms with E-state index in [0.717, 1.165) is 35.2 Å². The molecular weight excluding hydrogens is 453 g/mol. The van der Waals surface area contributed by atoms with Gasteiger partial charge in [0.15, 0.2) is 0 Å². The molecule has 10 heteroatoms. The fourth-order valence-electron chi connectivity index (χ4n) is 4.80. The first-order valence-corrected chi connectivity index (χ1v) is 11.5. The van der Waals surface area contributed by atoms with Crippen LogP contribution in [0.25, 0.3) is 11.1 Å². The molecule has 0 aromatic heterocycles. The summed E-state index contributed by atoms with van der Waals surface area (Å²) in [5.74, 6) is -0.685. The van der Waals surface area contributed by atoms with Crippen molar-refractivity contribution in [3.05, 3.63) is 65.2 Å². The van der Waals surface area contributed by atoms with Gasteiger partial charge >= 0.3 is 6.09 Å². The molecule has 0 spiro atoms. The lowest BCUT2D eigenvalue weighted by molar-refractivity contribution is -0.120. The Morgan fingerprint density at radius 2 is 2.09 bits per heavy atom. The Morgan fingerprint density at radius 3 is 2.83 bits per heavy atom. The van der Waals surface area contributed by atoms with E-state index in [1.165, 1.54) is 17.9 Å². The van der Waals surface area contributed by atoms with E-state index < -0.39 is 18.0 Å². The zero-order chi connectivity index (χ0) is 24.5. The molecule has 1 unspecified atom stereocenters. The van der Waals surface area contributed by atoms with Gasteiger partial charge in [-0.3, -0.25) is 14.5 Å². The lowest BCUT2D eigenvalue weighted by atomic mass is 9.92. The summed E-state index contributed by atoms with van der Waals surface area (Å²) < 4.78 is 20.4. The number of hydrogen-bond donors (Lipinski definition) is 4. The van der Waals surface area contributed by atoms with E-state index in [0.29, 0.717) is 17.7 Å². The van der Waals surface area contributed by atoms with E-state index in [4.69, 9.17) is 4.74 Å². The maximum absolute atomic E-state index is 15.1. The Hall–Kier alpha value is -3.92. The predicted molar refractivity (Wildman–Crippen MR) is 126 cm³/mol. The van der Waals surface area contributed by atoms with E-state index in [1.54, 1.807) is 18.3 Å². The third-order valence-electron chi connectivity index (χ3n) is 6.54. The van der Waals surface area contributed by atoms with Crippen molar-refractivity contribution in [2.75, 3.05) is 18.0 Å². The second-order valence-electron chi connectivity index (χ2n) is 8.93. The molecule has 9 nitrogen and oxygen atoms in total. The summed E-state index contributed by atoms with van der Waals surface area (Å²) in [6.07, 6.45) is 2.48.